The molecule has 4 aromatic rings. The molecule has 182 valence electrons. The van der Waals surface area contributed by atoms with Gasteiger partial charge < -0.3 is 14.2 Å². The van der Waals surface area contributed by atoms with Crippen LogP contribution >= 0.6 is 0 Å². The van der Waals surface area contributed by atoms with E-state index in [1.54, 1.807) is 18.2 Å². The van der Waals surface area contributed by atoms with Crippen LogP contribution in [0, 0.1) is 0 Å². The highest BCUT2D eigenvalue weighted by Crippen LogP contribution is 2.33. The molecule has 0 spiro atoms. The minimum Gasteiger partial charge on any atom is -0.451 e. The van der Waals surface area contributed by atoms with Gasteiger partial charge in [0.2, 0.25) is 15.9 Å². The average Bonchev–Trinajstić information content (AvgIpc) is 3.60. The van der Waals surface area contributed by atoms with Crippen molar-refractivity contribution in [1.29, 1.82) is 0 Å². The van der Waals surface area contributed by atoms with Crippen molar-refractivity contribution in [1.82, 2.24) is 4.31 Å². The van der Waals surface area contributed by atoms with Crippen LogP contribution in [-0.2, 0) is 27.9 Å². The molecule has 0 unspecified atom stereocenters. The van der Waals surface area contributed by atoms with Crippen LogP contribution in [0.4, 0.5) is 11.6 Å². The van der Waals surface area contributed by atoms with Crippen molar-refractivity contribution in [2.75, 3.05) is 10.6 Å². The normalized spacial score (nSPS) is 13.2. The van der Waals surface area contributed by atoms with Gasteiger partial charge in [-0.2, -0.15) is 4.31 Å². The highest BCUT2D eigenvalue weighted by Gasteiger charge is 2.33. The Bertz CT molecular complexity index is 1530. The predicted molar refractivity (Wildman–Crippen MR) is 133 cm³/mol. The van der Waals surface area contributed by atoms with Gasteiger partial charge >= 0.3 is 0 Å². The molecule has 0 fully saturated rings. The molecule has 0 aliphatic carbocycles. The van der Waals surface area contributed by atoms with Gasteiger partial charge in [0.1, 0.15) is 11.5 Å². The topological polar surface area (TPSA) is 122 Å². The lowest BCUT2D eigenvalue weighted by molar-refractivity contribution is -0.112. The van der Waals surface area contributed by atoms with Crippen LogP contribution in [-0.4, -0.2) is 24.5 Å². The summed E-state index contributed by atoms with van der Waals surface area (Å²) in [6.07, 6.45) is 1.12. The first kappa shape index (κ1) is 23.3. The van der Waals surface area contributed by atoms with E-state index in [0.29, 0.717) is 22.8 Å². The number of fused-ring (bicyclic) bond motifs is 1. The summed E-state index contributed by atoms with van der Waals surface area (Å²) >= 11 is 0. The Morgan fingerprint density at radius 2 is 1.67 bits per heavy atom. The first-order valence-corrected chi connectivity index (χ1v) is 12.4. The van der Waals surface area contributed by atoms with E-state index in [4.69, 9.17) is 8.83 Å². The second-order valence-electron chi connectivity index (χ2n) is 8.03. The molecule has 0 bridgehead atoms. The van der Waals surface area contributed by atoms with E-state index < -0.39 is 21.8 Å². The molecule has 0 radical (unpaired) electrons. The summed E-state index contributed by atoms with van der Waals surface area (Å²) in [5.74, 6) is 0.561. The van der Waals surface area contributed by atoms with Gasteiger partial charge in [-0.3, -0.25) is 14.9 Å². The summed E-state index contributed by atoms with van der Waals surface area (Å²) in [4.78, 5) is 24.1. The Morgan fingerprint density at radius 3 is 2.36 bits per heavy atom. The lowest BCUT2D eigenvalue weighted by Gasteiger charge is -2.16. The molecule has 1 aliphatic heterocycles. The number of carbonyl (C=O) groups is 2. The van der Waals surface area contributed by atoms with Gasteiger partial charge in [-0.15, -0.1) is 0 Å². The highest BCUT2D eigenvalue weighted by molar-refractivity contribution is 7.89. The van der Waals surface area contributed by atoms with Crippen molar-refractivity contribution >= 4 is 33.4 Å². The number of nitrogens with zero attached hydrogens (tertiary/aromatic N) is 1. The van der Waals surface area contributed by atoms with Crippen molar-refractivity contribution in [2.45, 2.75) is 18.0 Å². The standard InChI is InChI=1S/C26H21N3O6S/c1-2-24(30)28-25-14-18-15-29(16-23(18)35-25)36(32,33)20-10-8-19(9-11-20)27-26(31)22-13-12-21(34-22)17-6-4-3-5-7-17/h2-14H,1,15-16H2,(H,27,31)(H,28,30). The fraction of sp³-hybridized carbons (Fsp3) is 0.0769. The first-order chi connectivity index (χ1) is 17.3. The zero-order chi connectivity index (χ0) is 25.3. The predicted octanol–water partition coefficient (Wildman–Crippen LogP) is 4.62. The molecular formula is C26H21N3O6S. The molecule has 1 aliphatic rings. The van der Waals surface area contributed by atoms with E-state index in [2.05, 4.69) is 17.2 Å². The molecule has 5 rings (SSSR count). The van der Waals surface area contributed by atoms with Crippen LogP contribution in [0.2, 0.25) is 0 Å². The third kappa shape index (κ3) is 4.59. The lowest BCUT2D eigenvalue weighted by atomic mass is 10.2. The van der Waals surface area contributed by atoms with E-state index in [1.165, 1.54) is 28.6 Å². The van der Waals surface area contributed by atoms with E-state index >= 15 is 0 Å². The Labute approximate surface area is 207 Å². The summed E-state index contributed by atoms with van der Waals surface area (Å²) in [6, 6.07) is 20.2. The maximum atomic E-state index is 13.1. The van der Waals surface area contributed by atoms with E-state index in [9.17, 15) is 18.0 Å². The van der Waals surface area contributed by atoms with Gasteiger partial charge in [0.05, 0.1) is 11.4 Å². The largest absolute Gasteiger partial charge is 0.451 e. The number of rotatable bonds is 7. The van der Waals surface area contributed by atoms with Gasteiger partial charge in [-0.25, -0.2) is 8.42 Å². The summed E-state index contributed by atoms with van der Waals surface area (Å²) < 4.78 is 38.7. The highest BCUT2D eigenvalue weighted by atomic mass is 32.2. The lowest BCUT2D eigenvalue weighted by Crippen LogP contribution is -2.25. The molecule has 3 heterocycles. The Kier molecular flexibility index (Phi) is 6.05. The van der Waals surface area contributed by atoms with Crippen LogP contribution in [0.1, 0.15) is 21.9 Å². The third-order valence-electron chi connectivity index (χ3n) is 5.63. The van der Waals surface area contributed by atoms with Crippen molar-refractivity contribution in [3.63, 3.8) is 0 Å². The minimum atomic E-state index is -3.80. The Balaban J connectivity index is 1.24. The van der Waals surface area contributed by atoms with Gasteiger partial charge in [-0.05, 0) is 42.5 Å². The van der Waals surface area contributed by atoms with Gasteiger partial charge in [0.25, 0.3) is 5.91 Å². The molecule has 2 N–H and O–H groups in total. The fourth-order valence-corrected chi connectivity index (χ4v) is 5.19. The molecule has 0 atom stereocenters. The maximum absolute atomic E-state index is 13.1. The Morgan fingerprint density at radius 1 is 0.917 bits per heavy atom. The van der Waals surface area contributed by atoms with Crippen molar-refractivity contribution in [2.24, 2.45) is 0 Å². The fourth-order valence-electron chi connectivity index (χ4n) is 3.81. The number of carbonyl (C=O) groups excluding carboxylic acids is 2. The van der Waals surface area contributed by atoms with E-state index in [1.807, 2.05) is 30.3 Å². The van der Waals surface area contributed by atoms with Crippen LogP contribution in [0.3, 0.4) is 0 Å². The Hall–Kier alpha value is -4.41. The summed E-state index contributed by atoms with van der Waals surface area (Å²) in [5, 5.41) is 5.23. The number of hydrogen-bond acceptors (Lipinski definition) is 6. The van der Waals surface area contributed by atoms with Gasteiger partial charge in [0.15, 0.2) is 11.6 Å². The van der Waals surface area contributed by atoms with Crippen molar-refractivity contribution in [3.8, 4) is 11.3 Å². The van der Waals surface area contributed by atoms with E-state index in [-0.39, 0.29) is 29.6 Å². The molecule has 0 saturated carbocycles. The number of furan rings is 2. The zero-order valence-electron chi connectivity index (χ0n) is 18.9. The van der Waals surface area contributed by atoms with Crippen LogP contribution in [0.5, 0.6) is 0 Å². The smallest absolute Gasteiger partial charge is 0.291 e. The zero-order valence-corrected chi connectivity index (χ0v) is 19.7. The van der Waals surface area contributed by atoms with Gasteiger partial charge in [-0.1, -0.05) is 36.9 Å². The van der Waals surface area contributed by atoms with Gasteiger partial charge in [0, 0.05) is 29.4 Å². The maximum Gasteiger partial charge on any atom is 0.291 e. The number of anilines is 2. The molecular weight excluding hydrogens is 482 g/mol. The second-order valence-corrected chi connectivity index (χ2v) is 9.97. The second kappa shape index (κ2) is 9.33. The molecule has 2 aromatic heterocycles. The van der Waals surface area contributed by atoms with Crippen LogP contribution < -0.4 is 10.6 Å². The number of amides is 2. The number of hydrogen-bond donors (Lipinski definition) is 2. The quantitative estimate of drug-likeness (QED) is 0.355. The van der Waals surface area contributed by atoms with Crippen LogP contribution in [0.15, 0.2) is 99.2 Å². The van der Waals surface area contributed by atoms with Crippen molar-refractivity contribution < 1.29 is 26.8 Å². The molecule has 36 heavy (non-hydrogen) atoms. The number of nitrogens with one attached hydrogen (secondary N) is 2. The first-order valence-electron chi connectivity index (χ1n) is 11.0. The van der Waals surface area contributed by atoms with Crippen LogP contribution in [0.25, 0.3) is 11.3 Å². The molecule has 2 amide bonds. The molecule has 10 heteroatoms. The summed E-state index contributed by atoms with van der Waals surface area (Å²) in [5.41, 5.74) is 1.95. The SMILES string of the molecule is C=CC(=O)Nc1cc2c(o1)CN(S(=O)(=O)c1ccc(NC(=O)c3ccc(-c4ccccc4)o3)cc1)C2. The number of sulfonamides is 1. The molecule has 2 aromatic carbocycles. The monoisotopic (exact) mass is 503 g/mol. The number of benzene rings is 2. The average molecular weight is 504 g/mol. The summed E-state index contributed by atoms with van der Waals surface area (Å²) in [6.45, 7) is 3.54. The minimum absolute atomic E-state index is 0.0440. The summed E-state index contributed by atoms with van der Waals surface area (Å²) in [7, 11) is -3.80. The molecule has 0 saturated heterocycles. The van der Waals surface area contributed by atoms with Crippen molar-refractivity contribution in [3.05, 3.63) is 103 Å². The third-order valence-corrected chi connectivity index (χ3v) is 7.44. The van der Waals surface area contributed by atoms with E-state index in [0.717, 1.165) is 11.6 Å². The molecule has 9 nitrogen and oxygen atoms in total.